The van der Waals surface area contributed by atoms with Crippen molar-refractivity contribution in [2.45, 2.75) is 33.6 Å². The van der Waals surface area contributed by atoms with Gasteiger partial charge in [0.05, 0.1) is 6.61 Å². The van der Waals surface area contributed by atoms with Gasteiger partial charge in [-0.1, -0.05) is 32.6 Å². The quantitative estimate of drug-likeness (QED) is 0.578. The summed E-state index contributed by atoms with van der Waals surface area (Å²) in [6, 6.07) is 4.54. The van der Waals surface area contributed by atoms with Crippen LogP contribution >= 0.6 is 11.6 Å². The summed E-state index contributed by atoms with van der Waals surface area (Å²) < 4.78 is 19.0. The van der Waals surface area contributed by atoms with Crippen LogP contribution in [0.25, 0.3) is 0 Å². The normalized spacial score (nSPS) is 10.8. The van der Waals surface area contributed by atoms with E-state index < -0.39 is 0 Å². The first-order chi connectivity index (χ1) is 8.90. The molecule has 0 aliphatic rings. The lowest BCUT2D eigenvalue weighted by Gasteiger charge is -2.18. The third-order valence-corrected chi connectivity index (χ3v) is 2.63. The van der Waals surface area contributed by atoms with Crippen LogP contribution in [-0.4, -0.2) is 12.5 Å². The molecule has 0 saturated heterocycles. The van der Waals surface area contributed by atoms with Crippen LogP contribution in [0.1, 0.15) is 39.2 Å². The van der Waals surface area contributed by atoms with Crippen molar-refractivity contribution in [1.82, 2.24) is 0 Å². The van der Waals surface area contributed by atoms with E-state index >= 15 is 0 Å². The van der Waals surface area contributed by atoms with E-state index in [4.69, 9.17) is 16.3 Å². The Morgan fingerprint density at radius 3 is 2.63 bits per heavy atom. The molecule has 1 nitrogen and oxygen atoms in total. The van der Waals surface area contributed by atoms with Gasteiger partial charge in [-0.25, -0.2) is 4.39 Å². The molecule has 0 spiro atoms. The highest BCUT2D eigenvalue weighted by Crippen LogP contribution is 2.21. The van der Waals surface area contributed by atoms with Crippen molar-refractivity contribution in [3.63, 3.8) is 0 Å². The Morgan fingerprint density at radius 2 is 2.00 bits per heavy atom. The first-order valence-electron chi connectivity index (χ1n) is 6.39. The van der Waals surface area contributed by atoms with Crippen LogP contribution in [0, 0.1) is 23.1 Å². The zero-order valence-corrected chi connectivity index (χ0v) is 12.5. The second kappa shape index (κ2) is 7.40. The molecule has 0 unspecified atom stereocenters. The number of hydrogen-bond acceptors (Lipinski definition) is 1. The average Bonchev–Trinajstić information content (AvgIpc) is 2.27. The van der Waals surface area contributed by atoms with Gasteiger partial charge in [-0.2, -0.15) is 0 Å². The molecular weight excluding hydrogens is 263 g/mol. The van der Waals surface area contributed by atoms with Gasteiger partial charge < -0.3 is 4.74 Å². The fraction of sp³-hybridized carbons (Fsp3) is 0.500. The molecule has 0 N–H and O–H groups in total. The third kappa shape index (κ3) is 7.08. The van der Waals surface area contributed by atoms with Gasteiger partial charge in [0.1, 0.15) is 11.6 Å². The summed E-state index contributed by atoms with van der Waals surface area (Å²) >= 11 is 5.54. The Balaban J connectivity index is 2.67. The maximum absolute atomic E-state index is 13.4. The Labute approximate surface area is 120 Å². The Bertz CT molecular complexity index is 466. The van der Waals surface area contributed by atoms with Crippen molar-refractivity contribution in [1.29, 1.82) is 0 Å². The van der Waals surface area contributed by atoms with Gasteiger partial charge in [0.2, 0.25) is 0 Å². The molecule has 0 saturated carbocycles. The van der Waals surface area contributed by atoms with Crippen LogP contribution in [0.15, 0.2) is 18.2 Å². The van der Waals surface area contributed by atoms with Crippen molar-refractivity contribution in [3.05, 3.63) is 29.6 Å². The van der Waals surface area contributed by atoms with E-state index in [1.54, 1.807) is 6.07 Å². The highest BCUT2D eigenvalue weighted by molar-refractivity contribution is 6.18. The summed E-state index contributed by atoms with van der Waals surface area (Å²) in [6.45, 7) is 7.00. The summed E-state index contributed by atoms with van der Waals surface area (Å²) in [6.07, 6.45) is 1.51. The van der Waals surface area contributed by atoms with Crippen molar-refractivity contribution < 1.29 is 9.13 Å². The van der Waals surface area contributed by atoms with Crippen LogP contribution in [-0.2, 0) is 0 Å². The second-order valence-corrected chi connectivity index (χ2v) is 5.95. The minimum Gasteiger partial charge on any atom is -0.493 e. The molecule has 0 bridgehead atoms. The maximum Gasteiger partial charge on any atom is 0.128 e. The SMILES string of the molecule is CC(C)(C)CCOc1cc(F)cc(C#CCCCl)c1. The minimum atomic E-state index is -0.330. The Morgan fingerprint density at radius 1 is 1.26 bits per heavy atom. The highest BCUT2D eigenvalue weighted by atomic mass is 35.5. The van der Waals surface area contributed by atoms with Crippen molar-refractivity contribution in [3.8, 4) is 17.6 Å². The van der Waals surface area contributed by atoms with Crippen LogP contribution in [0.4, 0.5) is 4.39 Å². The van der Waals surface area contributed by atoms with E-state index in [9.17, 15) is 4.39 Å². The molecule has 1 aromatic rings. The van der Waals surface area contributed by atoms with Crippen LogP contribution in [0.2, 0.25) is 0 Å². The maximum atomic E-state index is 13.4. The van der Waals surface area contributed by atoms with E-state index in [0.29, 0.717) is 30.2 Å². The minimum absolute atomic E-state index is 0.205. The lowest BCUT2D eigenvalue weighted by Crippen LogP contribution is -2.11. The number of halogens is 2. The topological polar surface area (TPSA) is 9.23 Å². The fourth-order valence-corrected chi connectivity index (χ4v) is 1.50. The Kier molecular flexibility index (Phi) is 6.18. The fourth-order valence-electron chi connectivity index (χ4n) is 1.41. The van der Waals surface area contributed by atoms with Crippen LogP contribution in [0.5, 0.6) is 5.75 Å². The highest BCUT2D eigenvalue weighted by Gasteiger charge is 2.10. The molecule has 1 aromatic carbocycles. The standard InChI is InChI=1S/C16H20ClFO/c1-16(2,3)7-9-19-15-11-13(6-4-5-8-17)10-14(18)12-15/h10-12H,5,7-9H2,1-3H3. The third-order valence-electron chi connectivity index (χ3n) is 2.44. The van der Waals surface area contributed by atoms with Gasteiger partial charge in [-0.05, 0) is 24.0 Å². The van der Waals surface area contributed by atoms with Gasteiger partial charge >= 0.3 is 0 Å². The summed E-state index contributed by atoms with van der Waals surface area (Å²) in [5.74, 6) is 6.44. The van der Waals surface area contributed by atoms with Crippen molar-refractivity contribution in [2.24, 2.45) is 5.41 Å². The van der Waals surface area contributed by atoms with Crippen LogP contribution in [0.3, 0.4) is 0 Å². The average molecular weight is 283 g/mol. The monoisotopic (exact) mass is 282 g/mol. The van der Waals surface area contributed by atoms with Crippen LogP contribution < -0.4 is 4.74 Å². The zero-order valence-electron chi connectivity index (χ0n) is 11.7. The predicted molar refractivity (Wildman–Crippen MR) is 78.2 cm³/mol. The first kappa shape index (κ1) is 15.9. The molecule has 0 aromatic heterocycles. The Hall–Kier alpha value is -1.20. The van der Waals surface area contributed by atoms with E-state index in [1.165, 1.54) is 12.1 Å². The summed E-state index contributed by atoms with van der Waals surface area (Å²) in [4.78, 5) is 0. The molecule has 19 heavy (non-hydrogen) atoms. The van der Waals surface area contributed by atoms with Gasteiger partial charge in [-0.3, -0.25) is 0 Å². The molecule has 0 aliphatic heterocycles. The van der Waals surface area contributed by atoms with E-state index in [2.05, 4.69) is 32.6 Å². The molecule has 3 heteroatoms. The number of benzene rings is 1. The number of alkyl halides is 1. The van der Waals surface area contributed by atoms with Gasteiger partial charge in [-0.15, -0.1) is 11.6 Å². The van der Waals surface area contributed by atoms with Gasteiger partial charge in [0.25, 0.3) is 0 Å². The zero-order chi connectivity index (χ0) is 14.3. The lowest BCUT2D eigenvalue weighted by atomic mass is 9.93. The van der Waals surface area contributed by atoms with Crippen molar-refractivity contribution in [2.75, 3.05) is 12.5 Å². The summed E-state index contributed by atoms with van der Waals surface area (Å²) in [5, 5.41) is 0. The first-order valence-corrected chi connectivity index (χ1v) is 6.92. The second-order valence-electron chi connectivity index (χ2n) is 5.58. The molecule has 0 aliphatic carbocycles. The van der Waals surface area contributed by atoms with Gasteiger partial charge in [0, 0.05) is 23.9 Å². The number of rotatable bonds is 4. The number of hydrogen-bond donors (Lipinski definition) is 0. The van der Waals surface area contributed by atoms with E-state index in [-0.39, 0.29) is 11.2 Å². The molecule has 0 heterocycles. The van der Waals surface area contributed by atoms with E-state index in [0.717, 1.165) is 6.42 Å². The van der Waals surface area contributed by atoms with Gasteiger partial charge in [0.15, 0.2) is 0 Å². The number of ether oxygens (including phenoxy) is 1. The summed E-state index contributed by atoms with van der Waals surface area (Å²) in [5.41, 5.74) is 0.826. The molecule has 104 valence electrons. The molecule has 0 radical (unpaired) electrons. The van der Waals surface area contributed by atoms with Crippen molar-refractivity contribution >= 4 is 11.6 Å². The smallest absolute Gasteiger partial charge is 0.128 e. The summed E-state index contributed by atoms with van der Waals surface area (Å²) in [7, 11) is 0. The lowest BCUT2D eigenvalue weighted by molar-refractivity contribution is 0.242. The van der Waals surface area contributed by atoms with E-state index in [1.807, 2.05) is 0 Å². The molecule has 0 fully saturated rings. The predicted octanol–water partition coefficient (Wildman–Crippen LogP) is 4.62. The largest absolute Gasteiger partial charge is 0.493 e. The molecular formula is C16H20ClFO. The molecule has 0 amide bonds. The molecule has 1 rings (SSSR count). The molecule has 0 atom stereocenters.